The Balaban J connectivity index is 2.50. The lowest BCUT2D eigenvalue weighted by Gasteiger charge is -2.02. The Labute approximate surface area is 79.2 Å². The van der Waals surface area contributed by atoms with Crippen molar-refractivity contribution < 1.29 is 23.4 Å². The largest absolute Gasteiger partial charge is 0.465 e. The number of carbonyl (C=O) groups is 1. The van der Waals surface area contributed by atoms with E-state index < -0.39 is 11.8 Å². The molecule has 0 saturated carbocycles. The third kappa shape index (κ3) is 1.17. The van der Waals surface area contributed by atoms with E-state index in [2.05, 4.69) is 4.74 Å². The lowest BCUT2D eigenvalue weighted by molar-refractivity contribution is 0.0594. The summed E-state index contributed by atoms with van der Waals surface area (Å²) in [6, 6.07) is 2.77. The quantitative estimate of drug-likeness (QED) is 0.639. The number of halogens is 1. The van der Waals surface area contributed by atoms with Crippen molar-refractivity contribution in [2.24, 2.45) is 0 Å². The third-order valence-electron chi connectivity index (χ3n) is 1.88. The molecule has 1 heterocycles. The van der Waals surface area contributed by atoms with E-state index >= 15 is 0 Å². The molecule has 0 atom stereocenters. The van der Waals surface area contributed by atoms with Gasteiger partial charge in [0.2, 0.25) is 12.5 Å². The van der Waals surface area contributed by atoms with Crippen LogP contribution in [0.15, 0.2) is 12.1 Å². The highest BCUT2D eigenvalue weighted by atomic mass is 19.1. The van der Waals surface area contributed by atoms with Gasteiger partial charge in [0.15, 0.2) is 11.6 Å². The van der Waals surface area contributed by atoms with E-state index in [9.17, 15) is 9.18 Å². The molecule has 5 heteroatoms. The van der Waals surface area contributed by atoms with Crippen LogP contribution in [0, 0.1) is 5.82 Å². The standard InChI is InChI=1S/C9H7FO4/c1-12-9(11)5-2-3-6-8(7(5)10)14-4-13-6/h2-3H,4H2,1H3. The number of hydrogen-bond acceptors (Lipinski definition) is 4. The molecule has 0 radical (unpaired) electrons. The topological polar surface area (TPSA) is 44.8 Å². The Morgan fingerprint density at radius 3 is 3.00 bits per heavy atom. The maximum absolute atomic E-state index is 13.5. The first-order chi connectivity index (χ1) is 6.74. The van der Waals surface area contributed by atoms with E-state index in [1.165, 1.54) is 19.2 Å². The molecule has 1 aromatic carbocycles. The molecule has 0 saturated heterocycles. The van der Waals surface area contributed by atoms with E-state index in [1.807, 2.05) is 0 Å². The van der Waals surface area contributed by atoms with E-state index in [0.29, 0.717) is 5.75 Å². The molecule has 4 nitrogen and oxygen atoms in total. The van der Waals surface area contributed by atoms with Crippen LogP contribution >= 0.6 is 0 Å². The highest BCUT2D eigenvalue weighted by molar-refractivity contribution is 5.90. The van der Waals surface area contributed by atoms with Crippen molar-refractivity contribution in [3.05, 3.63) is 23.5 Å². The summed E-state index contributed by atoms with van der Waals surface area (Å²) in [4.78, 5) is 11.1. The van der Waals surface area contributed by atoms with Gasteiger partial charge in [-0.1, -0.05) is 0 Å². The summed E-state index contributed by atoms with van der Waals surface area (Å²) in [5.41, 5.74) is -0.156. The van der Waals surface area contributed by atoms with Gasteiger partial charge in [0.1, 0.15) is 0 Å². The van der Waals surface area contributed by atoms with E-state index in [4.69, 9.17) is 9.47 Å². The van der Waals surface area contributed by atoms with E-state index in [1.54, 1.807) is 0 Å². The van der Waals surface area contributed by atoms with Gasteiger partial charge in [0, 0.05) is 0 Å². The van der Waals surface area contributed by atoms with Crippen molar-refractivity contribution in [3.8, 4) is 11.5 Å². The lowest BCUT2D eigenvalue weighted by Crippen LogP contribution is -2.04. The minimum Gasteiger partial charge on any atom is -0.465 e. The number of hydrogen-bond donors (Lipinski definition) is 0. The third-order valence-corrected chi connectivity index (χ3v) is 1.88. The molecule has 0 N–H and O–H groups in total. The van der Waals surface area contributed by atoms with Gasteiger partial charge in [-0.05, 0) is 12.1 Å². The molecule has 0 spiro atoms. The van der Waals surface area contributed by atoms with Gasteiger partial charge in [-0.25, -0.2) is 9.18 Å². The molecule has 1 aromatic rings. The fourth-order valence-electron chi connectivity index (χ4n) is 1.21. The summed E-state index contributed by atoms with van der Waals surface area (Å²) < 4.78 is 27.7. The maximum atomic E-state index is 13.5. The van der Waals surface area contributed by atoms with Gasteiger partial charge in [0.25, 0.3) is 0 Å². The predicted molar refractivity (Wildman–Crippen MR) is 43.9 cm³/mol. The molecule has 0 aromatic heterocycles. The SMILES string of the molecule is COC(=O)c1ccc2c(c1F)OCO2. The van der Waals surface area contributed by atoms with Crippen LogP contribution in [-0.4, -0.2) is 19.9 Å². The summed E-state index contributed by atoms with van der Waals surface area (Å²) in [5, 5.41) is 0. The molecule has 0 fully saturated rings. The Bertz CT molecular complexity index is 389. The Morgan fingerprint density at radius 2 is 2.29 bits per heavy atom. The zero-order valence-electron chi connectivity index (χ0n) is 7.37. The minimum absolute atomic E-state index is 0.0309. The molecule has 1 aliphatic rings. The summed E-state index contributed by atoms with van der Waals surface area (Å²) in [7, 11) is 1.19. The van der Waals surface area contributed by atoms with Crippen LogP contribution in [0.2, 0.25) is 0 Å². The monoisotopic (exact) mass is 198 g/mol. The molecule has 1 aliphatic heterocycles. The Hall–Kier alpha value is -1.78. The first-order valence-electron chi connectivity index (χ1n) is 3.90. The number of ether oxygens (including phenoxy) is 3. The van der Waals surface area contributed by atoms with Gasteiger partial charge in [-0.15, -0.1) is 0 Å². The van der Waals surface area contributed by atoms with Crippen LogP contribution < -0.4 is 9.47 Å². The summed E-state index contributed by atoms with van der Waals surface area (Å²) in [5.74, 6) is -1.21. The van der Waals surface area contributed by atoms with Gasteiger partial charge >= 0.3 is 5.97 Å². The summed E-state index contributed by atoms with van der Waals surface area (Å²) >= 11 is 0. The number of esters is 1. The van der Waals surface area contributed by atoms with Crippen molar-refractivity contribution in [1.29, 1.82) is 0 Å². The Morgan fingerprint density at radius 1 is 1.50 bits per heavy atom. The van der Waals surface area contributed by atoms with Crippen LogP contribution in [0.1, 0.15) is 10.4 Å². The summed E-state index contributed by atoms with van der Waals surface area (Å²) in [6.45, 7) is -0.0309. The first kappa shape index (κ1) is 8.80. The van der Waals surface area contributed by atoms with Crippen molar-refractivity contribution in [2.75, 3.05) is 13.9 Å². The number of methoxy groups -OCH3 is 1. The van der Waals surface area contributed by atoms with Crippen LogP contribution in [0.4, 0.5) is 4.39 Å². The second-order valence-corrected chi connectivity index (χ2v) is 2.65. The zero-order valence-corrected chi connectivity index (χ0v) is 7.37. The molecule has 2 rings (SSSR count). The molecule has 0 bridgehead atoms. The zero-order chi connectivity index (χ0) is 10.1. The minimum atomic E-state index is -0.744. The average molecular weight is 198 g/mol. The smallest absolute Gasteiger partial charge is 0.340 e. The molecule has 74 valence electrons. The highest BCUT2D eigenvalue weighted by Crippen LogP contribution is 2.36. The molecule has 14 heavy (non-hydrogen) atoms. The fraction of sp³-hybridized carbons (Fsp3) is 0.222. The van der Waals surface area contributed by atoms with Crippen LogP contribution in [0.3, 0.4) is 0 Å². The number of carbonyl (C=O) groups excluding carboxylic acids is 1. The molecule has 0 amide bonds. The Kier molecular flexibility index (Phi) is 1.99. The molecule has 0 unspecified atom stereocenters. The second-order valence-electron chi connectivity index (χ2n) is 2.65. The second kappa shape index (κ2) is 3.17. The van der Waals surface area contributed by atoms with Gasteiger partial charge in [0.05, 0.1) is 12.7 Å². The van der Waals surface area contributed by atoms with Crippen molar-refractivity contribution in [2.45, 2.75) is 0 Å². The van der Waals surface area contributed by atoms with Gasteiger partial charge < -0.3 is 14.2 Å². The van der Waals surface area contributed by atoms with Crippen LogP contribution in [0.25, 0.3) is 0 Å². The van der Waals surface area contributed by atoms with Gasteiger partial charge in [-0.2, -0.15) is 0 Å². The number of rotatable bonds is 1. The molecular formula is C9H7FO4. The van der Waals surface area contributed by atoms with Crippen molar-refractivity contribution in [1.82, 2.24) is 0 Å². The van der Waals surface area contributed by atoms with Crippen molar-refractivity contribution >= 4 is 5.97 Å². The highest BCUT2D eigenvalue weighted by Gasteiger charge is 2.24. The van der Waals surface area contributed by atoms with Crippen molar-refractivity contribution in [3.63, 3.8) is 0 Å². The lowest BCUT2D eigenvalue weighted by atomic mass is 10.2. The van der Waals surface area contributed by atoms with Gasteiger partial charge in [-0.3, -0.25) is 0 Å². The van der Waals surface area contributed by atoms with Crippen LogP contribution in [-0.2, 0) is 4.74 Å². The number of fused-ring (bicyclic) bond motifs is 1. The molecular weight excluding hydrogens is 191 g/mol. The van der Waals surface area contributed by atoms with Crippen LogP contribution in [0.5, 0.6) is 11.5 Å². The molecule has 0 aliphatic carbocycles. The first-order valence-corrected chi connectivity index (χ1v) is 3.90. The summed E-state index contributed by atoms with van der Waals surface area (Å²) in [6.07, 6.45) is 0. The normalized spacial score (nSPS) is 12.7. The number of benzene rings is 1. The average Bonchev–Trinajstić information content (AvgIpc) is 2.66. The van der Waals surface area contributed by atoms with E-state index in [0.717, 1.165) is 0 Å². The fourth-order valence-corrected chi connectivity index (χ4v) is 1.21. The predicted octanol–water partition coefficient (Wildman–Crippen LogP) is 1.34. The van der Waals surface area contributed by atoms with E-state index in [-0.39, 0.29) is 18.1 Å². The maximum Gasteiger partial charge on any atom is 0.340 e.